The van der Waals surface area contributed by atoms with Gasteiger partial charge >= 0.3 is 5.89 Å². The maximum atomic E-state index is 10.6. The predicted molar refractivity (Wildman–Crippen MR) is 156 cm³/mol. The van der Waals surface area contributed by atoms with Gasteiger partial charge in [-0.1, -0.05) is 31.9 Å². The Balaban J connectivity index is 1.57. The Morgan fingerprint density at radius 2 is 1.68 bits per heavy atom. The Kier molecular flexibility index (Phi) is 11.5. The molecular formula is C26H27Br2N2O8S2-. The number of benzene rings is 2. The van der Waals surface area contributed by atoms with Gasteiger partial charge in [-0.05, 0) is 62.1 Å². The van der Waals surface area contributed by atoms with E-state index in [0.29, 0.717) is 50.5 Å². The normalized spacial score (nSPS) is 16.0. The Labute approximate surface area is 254 Å². The first-order valence-corrected chi connectivity index (χ1v) is 16.0. The number of oxazole rings is 1. The van der Waals surface area contributed by atoms with Gasteiger partial charge in [0.25, 0.3) is 5.52 Å². The lowest BCUT2D eigenvalue weighted by Crippen LogP contribution is -2.35. The van der Waals surface area contributed by atoms with Crippen LogP contribution in [0.2, 0.25) is 0 Å². The van der Waals surface area contributed by atoms with E-state index in [-0.39, 0.29) is 13.2 Å². The molecule has 1 aliphatic rings. The summed E-state index contributed by atoms with van der Waals surface area (Å²) in [6.07, 6.45) is 6.38. The van der Waals surface area contributed by atoms with Gasteiger partial charge in [-0.2, -0.15) is 4.57 Å². The van der Waals surface area contributed by atoms with Gasteiger partial charge in [0.1, 0.15) is 0 Å². The van der Waals surface area contributed by atoms with E-state index < -0.39 is 22.7 Å². The Hall–Kier alpha value is -1.91. The first kappa shape index (κ1) is 31.0. The molecule has 3 aromatic rings. The van der Waals surface area contributed by atoms with E-state index in [1.165, 1.54) is 0 Å². The molecule has 40 heavy (non-hydrogen) atoms. The number of anilines is 1. The van der Waals surface area contributed by atoms with Crippen LogP contribution in [0.5, 0.6) is 5.75 Å². The van der Waals surface area contributed by atoms with Crippen LogP contribution in [0.1, 0.15) is 38.5 Å². The van der Waals surface area contributed by atoms with Crippen molar-refractivity contribution in [2.45, 2.75) is 39.2 Å². The molecule has 216 valence electrons. The van der Waals surface area contributed by atoms with Crippen molar-refractivity contribution in [2.75, 3.05) is 24.7 Å². The smallest absolute Gasteiger partial charge is 0.374 e. The van der Waals surface area contributed by atoms with Crippen LogP contribution in [0.25, 0.3) is 17.2 Å². The molecule has 1 aromatic heterocycles. The second kappa shape index (κ2) is 14.8. The molecule has 0 bridgehead atoms. The van der Waals surface area contributed by atoms with Crippen molar-refractivity contribution in [1.82, 2.24) is 0 Å². The number of unbranched alkanes of at least 4 members (excludes halogenated alkanes) is 2. The molecule has 0 spiro atoms. The third-order valence-corrected chi connectivity index (χ3v) is 7.70. The third kappa shape index (κ3) is 8.55. The number of hydrogen-bond acceptors (Lipinski definition) is 9. The summed E-state index contributed by atoms with van der Waals surface area (Å²) in [5.74, 6) is 2.01. The number of ether oxygens (including phenoxy) is 1. The van der Waals surface area contributed by atoms with Crippen molar-refractivity contribution < 1.29 is 39.6 Å². The summed E-state index contributed by atoms with van der Waals surface area (Å²) in [5.41, 5.74) is 3.43. The van der Waals surface area contributed by atoms with Gasteiger partial charge in [0.15, 0.2) is 12.3 Å². The van der Waals surface area contributed by atoms with Crippen molar-refractivity contribution in [1.29, 1.82) is 0 Å². The number of aromatic nitrogens is 1. The highest BCUT2D eigenvalue weighted by Gasteiger charge is 2.27. The maximum Gasteiger partial charge on any atom is 0.374 e. The topological polar surface area (TPSA) is 128 Å². The lowest BCUT2D eigenvalue weighted by molar-refractivity contribution is -0.678. The van der Waals surface area contributed by atoms with E-state index >= 15 is 0 Å². The molecule has 14 heteroatoms. The average Bonchev–Trinajstić information content (AvgIpc) is 3.39. The number of aryl methyl sites for hydroxylation is 1. The highest BCUT2D eigenvalue weighted by molar-refractivity contribution is 9.10. The molecule has 0 radical (unpaired) electrons. The Morgan fingerprint density at radius 1 is 1.00 bits per heavy atom. The molecule has 0 fully saturated rings. The second-order valence-electron chi connectivity index (χ2n) is 8.91. The zero-order chi connectivity index (χ0) is 28.6. The molecular weight excluding hydrogens is 692 g/mol. The van der Waals surface area contributed by atoms with Crippen molar-refractivity contribution in [2.24, 2.45) is 0 Å². The van der Waals surface area contributed by atoms with Gasteiger partial charge in [0.2, 0.25) is 11.5 Å². The maximum absolute atomic E-state index is 10.6. The first-order valence-electron chi connectivity index (χ1n) is 12.4. The molecule has 10 nitrogen and oxygen atoms in total. The molecule has 4 rings (SSSR count). The van der Waals surface area contributed by atoms with E-state index in [2.05, 4.69) is 49.7 Å². The molecule has 0 saturated carbocycles. The fourth-order valence-corrected chi connectivity index (χ4v) is 5.46. The molecule has 2 aromatic carbocycles. The minimum Gasteiger partial charge on any atom is -0.750 e. The number of allylic oxidation sites excluding steroid dienone is 2. The first-order chi connectivity index (χ1) is 19.2. The highest BCUT2D eigenvalue weighted by Crippen LogP contribution is 2.41. The van der Waals surface area contributed by atoms with Gasteiger partial charge in [-0.3, -0.25) is 0 Å². The van der Waals surface area contributed by atoms with Crippen LogP contribution in [0.4, 0.5) is 5.69 Å². The van der Waals surface area contributed by atoms with E-state index in [1.54, 1.807) is 0 Å². The van der Waals surface area contributed by atoms with Crippen LogP contribution >= 0.6 is 31.9 Å². The summed E-state index contributed by atoms with van der Waals surface area (Å²) in [4.78, 5) is 2.05. The minimum atomic E-state index is -2.52. The number of hydrogen-bond donors (Lipinski definition) is 0. The molecule has 2 heterocycles. The fourth-order valence-electron chi connectivity index (χ4n) is 4.25. The van der Waals surface area contributed by atoms with Crippen LogP contribution in [0.3, 0.4) is 0 Å². The Bertz CT molecular complexity index is 1460. The zero-order valence-electron chi connectivity index (χ0n) is 21.5. The molecule has 2 unspecified atom stereocenters. The zero-order valence-corrected chi connectivity index (χ0v) is 26.3. The van der Waals surface area contributed by atoms with E-state index in [1.807, 2.05) is 55.5 Å². The Morgan fingerprint density at radius 3 is 2.40 bits per heavy atom. The predicted octanol–water partition coefficient (Wildman–Crippen LogP) is 5.57. The summed E-state index contributed by atoms with van der Waals surface area (Å²) in [6, 6.07) is 11.6. The molecule has 2 atom stereocenters. The summed E-state index contributed by atoms with van der Waals surface area (Å²) in [5, 5.41) is 0. The van der Waals surface area contributed by atoms with Gasteiger partial charge in [-0.25, -0.2) is 8.42 Å². The van der Waals surface area contributed by atoms with Gasteiger partial charge in [0.05, 0.1) is 47.7 Å². The summed E-state index contributed by atoms with van der Waals surface area (Å²) >= 11 is 2.01. The quantitative estimate of drug-likeness (QED) is 0.119. The van der Waals surface area contributed by atoms with Crippen molar-refractivity contribution in [3.63, 3.8) is 0 Å². The second-order valence-corrected chi connectivity index (χ2v) is 12.0. The van der Waals surface area contributed by atoms with Crippen LogP contribution in [0.15, 0.2) is 67.3 Å². The van der Waals surface area contributed by atoms with Crippen LogP contribution in [0, 0.1) is 0 Å². The molecule has 1 aliphatic heterocycles. The summed E-state index contributed by atoms with van der Waals surface area (Å²) in [6.45, 7) is 3.41. The molecule has 0 saturated heterocycles. The molecule has 0 N–H and O–H groups in total. The monoisotopic (exact) mass is 717 g/mol. The average molecular weight is 719 g/mol. The largest absolute Gasteiger partial charge is 0.750 e. The number of rotatable bonds is 14. The number of fused-ring (bicyclic) bond motifs is 2. The van der Waals surface area contributed by atoms with Crippen molar-refractivity contribution in [3.8, 4) is 5.75 Å². The van der Waals surface area contributed by atoms with Gasteiger partial charge in [0, 0.05) is 34.1 Å². The van der Waals surface area contributed by atoms with Crippen molar-refractivity contribution in [3.05, 3.63) is 68.8 Å². The van der Waals surface area contributed by atoms with Gasteiger partial charge in [-0.15, -0.1) is 0 Å². The van der Waals surface area contributed by atoms with Gasteiger partial charge < -0.3 is 31.5 Å². The van der Waals surface area contributed by atoms with E-state index in [0.717, 1.165) is 37.1 Å². The lowest BCUT2D eigenvalue weighted by atomic mass is 10.2. The van der Waals surface area contributed by atoms with E-state index in [4.69, 9.17) is 9.15 Å². The van der Waals surface area contributed by atoms with Crippen LogP contribution in [-0.2, 0) is 37.6 Å². The third-order valence-electron chi connectivity index (χ3n) is 6.00. The molecule has 0 aliphatic carbocycles. The van der Waals surface area contributed by atoms with Crippen molar-refractivity contribution >= 4 is 77.4 Å². The number of nitrogens with zero attached hydrogens (tertiary/aromatic N) is 2. The fraction of sp³-hybridized carbons (Fsp3) is 0.346. The summed E-state index contributed by atoms with van der Waals surface area (Å²) < 4.78 is 68.1. The standard InChI is InChI=1S/C26H28Br2N2O8S2/c1-18(14-25-29(10-2-4-12-35-39(31)32)21-16-19(27)6-8-23(21)37-25)15-26-30(11-3-5-13-36-40(33)34)22-17-20(28)7-9-24(22)38-26/h6-9,14-17H,2-5,10-13H2,1H3,(H-,31,32,33,34)/p-1. The van der Waals surface area contributed by atoms with Crippen LogP contribution in [-0.4, -0.2) is 37.3 Å². The SMILES string of the molecule is CC(/C=C1\Oc2ccc(Br)cc2N1CCCCOS(=O)[O-])=C\c1oc2ccc(Br)cc2[n+]1CCCCOS(=O)[O-]. The van der Waals surface area contributed by atoms with E-state index in [9.17, 15) is 17.5 Å². The lowest BCUT2D eigenvalue weighted by Gasteiger charge is -2.18. The molecule has 0 amide bonds. The van der Waals surface area contributed by atoms with Crippen LogP contribution < -0.4 is 14.2 Å². The highest BCUT2D eigenvalue weighted by atomic mass is 79.9. The minimum absolute atomic E-state index is 0.122. The number of halogens is 2. The summed E-state index contributed by atoms with van der Waals surface area (Å²) in [7, 11) is 0.